The van der Waals surface area contributed by atoms with Crippen molar-refractivity contribution in [3.63, 3.8) is 0 Å². The summed E-state index contributed by atoms with van der Waals surface area (Å²) >= 11 is 4.02. The first-order chi connectivity index (χ1) is 8.51. The third kappa shape index (κ3) is 3.10. The minimum Gasteiger partial charge on any atom is -0.465 e. The van der Waals surface area contributed by atoms with Crippen LogP contribution in [0.1, 0.15) is 5.56 Å². The number of carbonyl (C=O) groups excluding carboxylic acids is 2. The van der Waals surface area contributed by atoms with Gasteiger partial charge in [-0.25, -0.2) is 9.59 Å². The maximum atomic E-state index is 11.7. The predicted molar refractivity (Wildman–Crippen MR) is 67.6 cm³/mol. The standard InChI is InChI=1S/C12H13NO4S/c1-8-5-4-6-13(7-8)9(11(14)16-2)10(18)12(15)17-3/h4-7H,1-3H3/p+1. The highest BCUT2D eigenvalue weighted by molar-refractivity contribution is 7.85. The van der Waals surface area contributed by atoms with Crippen LogP contribution in [-0.2, 0) is 19.1 Å². The number of nitrogens with zero attached hydrogens (tertiary/aromatic N) is 1. The number of ether oxygens (including phenoxy) is 2. The van der Waals surface area contributed by atoms with Gasteiger partial charge < -0.3 is 9.47 Å². The number of pyridine rings is 1. The summed E-state index contributed by atoms with van der Waals surface area (Å²) in [5.41, 5.74) is 0.932. The SMILES string of the molecule is COC(=O)/C(S)=C(\C(=O)OC)[n+]1cccc(C)c1. The average molecular weight is 268 g/mol. The molecule has 0 N–H and O–H groups in total. The lowest BCUT2D eigenvalue weighted by molar-refractivity contribution is -0.579. The molecule has 0 radical (unpaired) electrons. The van der Waals surface area contributed by atoms with Gasteiger partial charge in [0.1, 0.15) is 0 Å². The number of esters is 2. The van der Waals surface area contributed by atoms with Crippen molar-refractivity contribution in [3.05, 3.63) is 35.0 Å². The van der Waals surface area contributed by atoms with E-state index in [0.717, 1.165) is 5.56 Å². The fourth-order valence-corrected chi connectivity index (χ4v) is 1.64. The summed E-state index contributed by atoms with van der Waals surface area (Å²) < 4.78 is 10.7. The maximum Gasteiger partial charge on any atom is 0.405 e. The number of rotatable bonds is 3. The number of hydrogen-bond donors (Lipinski definition) is 1. The van der Waals surface area contributed by atoms with Gasteiger partial charge in [-0.05, 0) is 13.0 Å². The van der Waals surface area contributed by atoms with Crippen LogP contribution in [-0.4, -0.2) is 26.2 Å². The Morgan fingerprint density at radius 3 is 2.33 bits per heavy atom. The van der Waals surface area contributed by atoms with Gasteiger partial charge >= 0.3 is 17.6 Å². The first-order valence-corrected chi connectivity index (χ1v) is 5.54. The molecule has 0 spiro atoms. The van der Waals surface area contributed by atoms with Crippen molar-refractivity contribution in [2.75, 3.05) is 14.2 Å². The van der Waals surface area contributed by atoms with Crippen LogP contribution >= 0.6 is 12.6 Å². The van der Waals surface area contributed by atoms with E-state index >= 15 is 0 Å². The van der Waals surface area contributed by atoms with Crippen molar-refractivity contribution in [2.45, 2.75) is 6.92 Å². The fraction of sp³-hybridized carbons (Fsp3) is 0.250. The first-order valence-electron chi connectivity index (χ1n) is 5.09. The molecule has 96 valence electrons. The van der Waals surface area contributed by atoms with Gasteiger partial charge in [0.25, 0.3) is 0 Å². The van der Waals surface area contributed by atoms with Crippen LogP contribution in [0.15, 0.2) is 29.4 Å². The van der Waals surface area contributed by atoms with Gasteiger partial charge in [0.2, 0.25) is 0 Å². The van der Waals surface area contributed by atoms with Crippen molar-refractivity contribution in [2.24, 2.45) is 0 Å². The second-order valence-electron chi connectivity index (χ2n) is 3.47. The maximum absolute atomic E-state index is 11.7. The van der Waals surface area contributed by atoms with Crippen LogP contribution in [0.3, 0.4) is 0 Å². The van der Waals surface area contributed by atoms with E-state index in [-0.39, 0.29) is 10.6 Å². The molecule has 1 rings (SSSR count). The van der Waals surface area contributed by atoms with Gasteiger partial charge in [0.15, 0.2) is 17.3 Å². The van der Waals surface area contributed by atoms with Gasteiger partial charge in [-0.3, -0.25) is 0 Å². The van der Waals surface area contributed by atoms with Crippen molar-refractivity contribution in [3.8, 4) is 0 Å². The van der Waals surface area contributed by atoms with E-state index in [9.17, 15) is 9.59 Å². The highest BCUT2D eigenvalue weighted by atomic mass is 32.1. The Morgan fingerprint density at radius 2 is 1.83 bits per heavy atom. The highest BCUT2D eigenvalue weighted by Crippen LogP contribution is 2.12. The Balaban J connectivity index is 3.39. The largest absolute Gasteiger partial charge is 0.465 e. The van der Waals surface area contributed by atoms with Crippen molar-refractivity contribution >= 4 is 30.3 Å². The van der Waals surface area contributed by atoms with E-state index in [0.29, 0.717) is 0 Å². The predicted octanol–water partition coefficient (Wildman–Crippen LogP) is 0.727. The smallest absolute Gasteiger partial charge is 0.405 e. The Hall–Kier alpha value is -1.82. The first kappa shape index (κ1) is 14.2. The van der Waals surface area contributed by atoms with E-state index in [1.807, 2.05) is 13.0 Å². The van der Waals surface area contributed by atoms with E-state index in [2.05, 4.69) is 22.1 Å². The summed E-state index contributed by atoms with van der Waals surface area (Å²) in [4.78, 5) is 23.1. The van der Waals surface area contributed by atoms with Gasteiger partial charge in [-0.1, -0.05) is 0 Å². The molecule has 5 nitrogen and oxygen atoms in total. The van der Waals surface area contributed by atoms with Crippen LogP contribution in [0.25, 0.3) is 5.70 Å². The number of aromatic nitrogens is 1. The molecule has 0 aliphatic carbocycles. The molecule has 1 aromatic heterocycles. The van der Waals surface area contributed by atoms with Gasteiger partial charge in [0, 0.05) is 11.6 Å². The third-order valence-electron chi connectivity index (χ3n) is 2.19. The molecule has 6 heteroatoms. The monoisotopic (exact) mass is 268 g/mol. The minimum absolute atomic E-state index is 0.0105. The molecule has 0 amide bonds. The lowest BCUT2D eigenvalue weighted by atomic mass is 10.3. The summed E-state index contributed by atoms with van der Waals surface area (Å²) in [5, 5.41) is 0. The Morgan fingerprint density at radius 1 is 1.22 bits per heavy atom. The summed E-state index contributed by atoms with van der Waals surface area (Å²) in [6.07, 6.45) is 3.31. The summed E-state index contributed by atoms with van der Waals surface area (Å²) in [7, 11) is 2.45. The number of thiol groups is 1. The number of methoxy groups -OCH3 is 2. The van der Waals surface area contributed by atoms with E-state index in [4.69, 9.17) is 0 Å². The Labute approximate surface area is 110 Å². The molecule has 0 bridgehead atoms. The molecule has 0 aliphatic rings. The van der Waals surface area contributed by atoms with Crippen molar-refractivity contribution < 1.29 is 23.6 Å². The van der Waals surface area contributed by atoms with Crippen LogP contribution in [0, 0.1) is 6.92 Å². The molecule has 0 saturated carbocycles. The summed E-state index contributed by atoms with van der Waals surface area (Å²) in [6, 6.07) is 3.61. The van der Waals surface area contributed by atoms with E-state index < -0.39 is 11.9 Å². The van der Waals surface area contributed by atoms with Gasteiger partial charge in [-0.15, -0.1) is 12.6 Å². The molecular weight excluding hydrogens is 254 g/mol. The minimum atomic E-state index is -0.701. The molecule has 0 saturated heterocycles. The van der Waals surface area contributed by atoms with Crippen LogP contribution in [0.4, 0.5) is 0 Å². The number of carbonyl (C=O) groups is 2. The van der Waals surface area contributed by atoms with Gasteiger partial charge in [-0.2, -0.15) is 4.57 Å². The molecular formula is C12H14NO4S+. The van der Waals surface area contributed by atoms with Crippen LogP contribution in [0.2, 0.25) is 0 Å². The lowest BCUT2D eigenvalue weighted by Gasteiger charge is -2.03. The second kappa shape index (κ2) is 6.20. The molecule has 0 unspecified atom stereocenters. The molecule has 1 heterocycles. The van der Waals surface area contributed by atoms with E-state index in [1.54, 1.807) is 18.5 Å². The molecule has 1 aromatic rings. The average Bonchev–Trinajstić information content (AvgIpc) is 2.37. The van der Waals surface area contributed by atoms with E-state index in [1.165, 1.54) is 18.8 Å². The third-order valence-corrected chi connectivity index (χ3v) is 2.58. The zero-order chi connectivity index (χ0) is 13.7. The zero-order valence-electron chi connectivity index (χ0n) is 10.3. The fourth-order valence-electron chi connectivity index (χ4n) is 1.35. The molecule has 0 fully saturated rings. The molecule has 0 atom stereocenters. The lowest BCUT2D eigenvalue weighted by Crippen LogP contribution is -2.38. The number of hydrogen-bond acceptors (Lipinski definition) is 5. The molecule has 18 heavy (non-hydrogen) atoms. The topological polar surface area (TPSA) is 56.5 Å². The number of aryl methyl sites for hydroxylation is 1. The Bertz CT molecular complexity index is 511. The van der Waals surface area contributed by atoms with Crippen molar-refractivity contribution in [1.82, 2.24) is 0 Å². The zero-order valence-corrected chi connectivity index (χ0v) is 11.2. The normalized spacial score (nSPS) is 11.6. The second-order valence-corrected chi connectivity index (χ2v) is 3.92. The highest BCUT2D eigenvalue weighted by Gasteiger charge is 2.29. The summed E-state index contributed by atoms with van der Waals surface area (Å²) in [6.45, 7) is 1.86. The summed E-state index contributed by atoms with van der Waals surface area (Å²) in [5.74, 6) is -1.37. The van der Waals surface area contributed by atoms with Gasteiger partial charge in [0.05, 0.1) is 14.2 Å². The van der Waals surface area contributed by atoms with Crippen LogP contribution < -0.4 is 4.57 Å². The van der Waals surface area contributed by atoms with Crippen LogP contribution in [0.5, 0.6) is 0 Å². The van der Waals surface area contributed by atoms with Crippen molar-refractivity contribution in [1.29, 1.82) is 0 Å². The molecule has 0 aromatic carbocycles. The Kier molecular flexibility index (Phi) is 4.91. The molecule has 0 aliphatic heterocycles. The quantitative estimate of drug-likeness (QED) is 0.380.